The van der Waals surface area contributed by atoms with E-state index in [4.69, 9.17) is 11.6 Å². The van der Waals surface area contributed by atoms with Gasteiger partial charge in [-0.2, -0.15) is 9.61 Å². The van der Waals surface area contributed by atoms with Crippen LogP contribution in [0.1, 0.15) is 31.1 Å². The van der Waals surface area contributed by atoms with Crippen molar-refractivity contribution in [1.82, 2.24) is 19.8 Å². The molecule has 1 atom stereocenters. The standard InChI is InChI=1S/C15H16ClN5/c1-3-13-8-14(15-19-17-9-21(15)20-13)18-10(2)11-4-6-12(16)7-5-11/h4-10,18H,3H2,1-2H3. The molecule has 0 spiro atoms. The van der Waals surface area contributed by atoms with Crippen molar-refractivity contribution in [3.8, 4) is 0 Å². The number of nitrogens with one attached hydrogen (secondary N) is 1. The number of benzene rings is 1. The van der Waals surface area contributed by atoms with Crippen LogP contribution in [0.2, 0.25) is 5.02 Å². The second-order valence-electron chi connectivity index (χ2n) is 4.92. The van der Waals surface area contributed by atoms with Crippen molar-refractivity contribution in [2.75, 3.05) is 5.32 Å². The summed E-state index contributed by atoms with van der Waals surface area (Å²) in [6.45, 7) is 4.17. The van der Waals surface area contributed by atoms with E-state index in [2.05, 4.69) is 34.5 Å². The Kier molecular flexibility index (Phi) is 3.75. The summed E-state index contributed by atoms with van der Waals surface area (Å²) in [6, 6.07) is 9.98. The van der Waals surface area contributed by atoms with Gasteiger partial charge in [-0.05, 0) is 37.1 Å². The molecule has 1 unspecified atom stereocenters. The summed E-state index contributed by atoms with van der Waals surface area (Å²) < 4.78 is 1.70. The van der Waals surface area contributed by atoms with Crippen LogP contribution in [0, 0.1) is 0 Å². The summed E-state index contributed by atoms with van der Waals surface area (Å²) in [4.78, 5) is 0. The van der Waals surface area contributed by atoms with Gasteiger partial charge in [0.25, 0.3) is 0 Å². The van der Waals surface area contributed by atoms with Gasteiger partial charge in [-0.1, -0.05) is 30.7 Å². The Balaban J connectivity index is 1.93. The number of halogens is 1. The van der Waals surface area contributed by atoms with Crippen LogP contribution in [0.4, 0.5) is 5.69 Å². The molecule has 3 aromatic rings. The number of fused-ring (bicyclic) bond motifs is 1. The van der Waals surface area contributed by atoms with Gasteiger partial charge < -0.3 is 5.32 Å². The van der Waals surface area contributed by atoms with Crippen LogP contribution in [0.15, 0.2) is 36.7 Å². The molecule has 21 heavy (non-hydrogen) atoms. The van der Waals surface area contributed by atoms with Crippen LogP contribution < -0.4 is 5.32 Å². The second kappa shape index (κ2) is 5.69. The van der Waals surface area contributed by atoms with Crippen LogP contribution in [-0.4, -0.2) is 19.8 Å². The Hall–Kier alpha value is -2.14. The molecule has 0 saturated carbocycles. The Bertz CT molecular complexity index is 750. The number of anilines is 1. The predicted molar refractivity (Wildman–Crippen MR) is 83.6 cm³/mol. The average molecular weight is 302 g/mol. The van der Waals surface area contributed by atoms with Gasteiger partial charge in [0.2, 0.25) is 5.65 Å². The molecule has 2 aromatic heterocycles. The lowest BCUT2D eigenvalue weighted by Crippen LogP contribution is -2.09. The zero-order valence-electron chi connectivity index (χ0n) is 11.9. The number of hydrogen-bond acceptors (Lipinski definition) is 4. The predicted octanol–water partition coefficient (Wildman–Crippen LogP) is 3.51. The van der Waals surface area contributed by atoms with Crippen LogP contribution in [-0.2, 0) is 6.42 Å². The zero-order valence-corrected chi connectivity index (χ0v) is 12.7. The lowest BCUT2D eigenvalue weighted by atomic mass is 10.1. The molecule has 5 nitrogen and oxygen atoms in total. The topological polar surface area (TPSA) is 55.1 Å². The molecule has 0 aliphatic heterocycles. The highest BCUT2D eigenvalue weighted by Gasteiger charge is 2.11. The summed E-state index contributed by atoms with van der Waals surface area (Å²) in [5.74, 6) is 0. The first-order valence-electron chi connectivity index (χ1n) is 6.89. The van der Waals surface area contributed by atoms with Crippen molar-refractivity contribution in [3.05, 3.63) is 52.9 Å². The third-order valence-corrected chi connectivity index (χ3v) is 3.67. The Morgan fingerprint density at radius 1 is 1.29 bits per heavy atom. The number of hydrogen-bond donors (Lipinski definition) is 1. The fourth-order valence-electron chi connectivity index (χ4n) is 2.23. The summed E-state index contributed by atoms with van der Waals surface area (Å²) in [5, 5.41) is 16.7. The lowest BCUT2D eigenvalue weighted by Gasteiger charge is -2.16. The van der Waals surface area contributed by atoms with Gasteiger partial charge in [0, 0.05) is 11.1 Å². The molecule has 0 saturated heterocycles. The Morgan fingerprint density at radius 2 is 2.05 bits per heavy atom. The van der Waals surface area contributed by atoms with Crippen molar-refractivity contribution < 1.29 is 0 Å². The largest absolute Gasteiger partial charge is 0.375 e. The number of aryl methyl sites for hydroxylation is 1. The first kappa shape index (κ1) is 13.8. The second-order valence-corrected chi connectivity index (χ2v) is 5.36. The van der Waals surface area contributed by atoms with E-state index in [0.717, 1.165) is 34.0 Å². The fraction of sp³-hybridized carbons (Fsp3) is 0.267. The molecule has 0 bridgehead atoms. The molecule has 0 aliphatic rings. The highest BCUT2D eigenvalue weighted by molar-refractivity contribution is 6.30. The molecule has 6 heteroatoms. The maximum absolute atomic E-state index is 5.93. The molecular weight excluding hydrogens is 286 g/mol. The molecule has 2 heterocycles. The maximum atomic E-state index is 5.93. The first-order valence-corrected chi connectivity index (χ1v) is 7.27. The quantitative estimate of drug-likeness (QED) is 0.801. The third-order valence-electron chi connectivity index (χ3n) is 3.42. The molecule has 1 N–H and O–H groups in total. The first-order chi connectivity index (χ1) is 10.2. The van der Waals surface area contributed by atoms with Crippen molar-refractivity contribution >= 4 is 22.9 Å². The van der Waals surface area contributed by atoms with E-state index in [9.17, 15) is 0 Å². The van der Waals surface area contributed by atoms with Crippen molar-refractivity contribution in [2.24, 2.45) is 0 Å². The smallest absolute Gasteiger partial charge is 0.200 e. The SMILES string of the molecule is CCc1cc(NC(C)c2ccc(Cl)cc2)c2nncn2n1. The number of rotatable bonds is 4. The summed E-state index contributed by atoms with van der Waals surface area (Å²) in [6.07, 6.45) is 2.48. The molecule has 0 amide bonds. The molecule has 0 radical (unpaired) electrons. The zero-order chi connectivity index (χ0) is 14.8. The van der Waals surface area contributed by atoms with Gasteiger partial charge in [0.05, 0.1) is 11.4 Å². The molecule has 1 aromatic carbocycles. The van der Waals surface area contributed by atoms with Crippen LogP contribution >= 0.6 is 11.6 Å². The van der Waals surface area contributed by atoms with Crippen LogP contribution in [0.3, 0.4) is 0 Å². The van der Waals surface area contributed by atoms with E-state index in [1.807, 2.05) is 30.3 Å². The minimum Gasteiger partial charge on any atom is -0.375 e. The van der Waals surface area contributed by atoms with E-state index in [1.54, 1.807) is 10.8 Å². The van der Waals surface area contributed by atoms with E-state index < -0.39 is 0 Å². The van der Waals surface area contributed by atoms with Gasteiger partial charge in [0.1, 0.15) is 6.33 Å². The molecule has 108 valence electrons. The minimum atomic E-state index is 0.134. The van der Waals surface area contributed by atoms with Crippen LogP contribution in [0.25, 0.3) is 5.65 Å². The van der Waals surface area contributed by atoms with Gasteiger partial charge in [0.15, 0.2) is 0 Å². The highest BCUT2D eigenvalue weighted by Crippen LogP contribution is 2.23. The van der Waals surface area contributed by atoms with E-state index in [0.29, 0.717) is 0 Å². The van der Waals surface area contributed by atoms with Crippen molar-refractivity contribution in [2.45, 2.75) is 26.3 Å². The highest BCUT2D eigenvalue weighted by atomic mass is 35.5. The molecular formula is C15H16ClN5. The van der Waals surface area contributed by atoms with E-state index >= 15 is 0 Å². The third kappa shape index (κ3) is 2.83. The number of aromatic nitrogens is 4. The lowest BCUT2D eigenvalue weighted by molar-refractivity contribution is 0.842. The summed E-state index contributed by atoms with van der Waals surface area (Å²) in [7, 11) is 0. The fourth-order valence-corrected chi connectivity index (χ4v) is 2.35. The van der Waals surface area contributed by atoms with E-state index in [-0.39, 0.29) is 6.04 Å². The molecule has 0 fully saturated rings. The summed E-state index contributed by atoms with van der Waals surface area (Å²) in [5.41, 5.74) is 3.81. The van der Waals surface area contributed by atoms with Crippen molar-refractivity contribution in [1.29, 1.82) is 0 Å². The van der Waals surface area contributed by atoms with Gasteiger partial charge >= 0.3 is 0 Å². The van der Waals surface area contributed by atoms with Gasteiger partial charge in [-0.15, -0.1) is 10.2 Å². The maximum Gasteiger partial charge on any atom is 0.200 e. The normalized spacial score (nSPS) is 12.5. The van der Waals surface area contributed by atoms with Crippen molar-refractivity contribution in [3.63, 3.8) is 0 Å². The minimum absolute atomic E-state index is 0.134. The van der Waals surface area contributed by atoms with E-state index in [1.165, 1.54) is 0 Å². The van der Waals surface area contributed by atoms with Gasteiger partial charge in [-0.3, -0.25) is 0 Å². The Morgan fingerprint density at radius 3 is 2.76 bits per heavy atom. The summed E-state index contributed by atoms with van der Waals surface area (Å²) >= 11 is 5.93. The van der Waals surface area contributed by atoms with Crippen LogP contribution in [0.5, 0.6) is 0 Å². The van der Waals surface area contributed by atoms with Gasteiger partial charge in [-0.25, -0.2) is 0 Å². The molecule has 3 rings (SSSR count). The molecule has 0 aliphatic carbocycles. The monoisotopic (exact) mass is 301 g/mol. The Labute approximate surface area is 128 Å². The average Bonchev–Trinajstić information content (AvgIpc) is 2.96. The number of nitrogens with zero attached hydrogens (tertiary/aromatic N) is 4.